The Morgan fingerprint density at radius 1 is 1.12 bits per heavy atom. The molecule has 0 saturated carbocycles. The van der Waals surface area contributed by atoms with E-state index in [-0.39, 0.29) is 0 Å². The van der Waals surface area contributed by atoms with E-state index in [1.54, 1.807) is 0 Å². The lowest BCUT2D eigenvalue weighted by atomic mass is 9.86. The highest BCUT2D eigenvalue weighted by Gasteiger charge is 2.23. The summed E-state index contributed by atoms with van der Waals surface area (Å²) < 4.78 is 0. The molecule has 0 heterocycles. The summed E-state index contributed by atoms with van der Waals surface area (Å²) >= 11 is 0. The van der Waals surface area contributed by atoms with Crippen LogP contribution in [0.2, 0.25) is 0 Å². The molecule has 104 valence electrons. The first-order valence-corrected chi connectivity index (χ1v) is 6.99. The van der Waals surface area contributed by atoms with Crippen molar-refractivity contribution in [3.8, 4) is 0 Å². The summed E-state index contributed by atoms with van der Waals surface area (Å²) in [6, 6.07) is 0. The largest absolute Gasteiger partial charge is 0.319 e. The zero-order valence-corrected chi connectivity index (χ0v) is 12.8. The maximum atomic E-state index is 3.33. The van der Waals surface area contributed by atoms with Crippen molar-refractivity contribution >= 4 is 0 Å². The van der Waals surface area contributed by atoms with Crippen molar-refractivity contribution in [1.82, 2.24) is 15.1 Å². The average molecular weight is 243 g/mol. The highest BCUT2D eigenvalue weighted by molar-refractivity contribution is 4.79. The Kier molecular flexibility index (Phi) is 8.83. The van der Waals surface area contributed by atoms with Gasteiger partial charge in [0.1, 0.15) is 0 Å². The minimum Gasteiger partial charge on any atom is -0.319 e. The molecule has 1 unspecified atom stereocenters. The molecule has 3 heteroatoms. The lowest BCUT2D eigenvalue weighted by molar-refractivity contribution is 0.158. The smallest absolute Gasteiger partial charge is 0.00473 e. The Morgan fingerprint density at radius 3 is 2.18 bits per heavy atom. The summed E-state index contributed by atoms with van der Waals surface area (Å²) in [6.45, 7) is 12.8. The molecule has 0 amide bonds. The highest BCUT2D eigenvalue weighted by atomic mass is 15.1. The Morgan fingerprint density at radius 2 is 1.76 bits per heavy atom. The number of nitrogens with zero attached hydrogens (tertiary/aromatic N) is 2. The molecule has 1 N–H and O–H groups in total. The molecule has 0 bridgehead atoms. The third-order valence-electron chi connectivity index (χ3n) is 3.59. The molecule has 0 aromatic heterocycles. The van der Waals surface area contributed by atoms with Crippen LogP contribution in [-0.4, -0.2) is 63.7 Å². The van der Waals surface area contributed by atoms with Crippen molar-refractivity contribution in [3.63, 3.8) is 0 Å². The predicted molar refractivity (Wildman–Crippen MR) is 77.6 cm³/mol. The summed E-state index contributed by atoms with van der Waals surface area (Å²) in [5, 5.41) is 3.33. The highest BCUT2D eigenvalue weighted by Crippen LogP contribution is 2.21. The van der Waals surface area contributed by atoms with Crippen molar-refractivity contribution in [3.05, 3.63) is 0 Å². The fourth-order valence-corrected chi connectivity index (χ4v) is 2.22. The van der Waals surface area contributed by atoms with E-state index in [4.69, 9.17) is 0 Å². The molecule has 0 aromatic rings. The number of hydrogen-bond acceptors (Lipinski definition) is 3. The van der Waals surface area contributed by atoms with Gasteiger partial charge in [0, 0.05) is 13.1 Å². The molecule has 0 saturated heterocycles. The summed E-state index contributed by atoms with van der Waals surface area (Å²) in [5.74, 6) is 0. The summed E-state index contributed by atoms with van der Waals surface area (Å²) in [7, 11) is 6.34. The molecule has 0 aliphatic heterocycles. The minimum atomic E-state index is 0.406. The standard InChI is InChI=1S/C14H33N3/c1-7-14(3,12-15-4)13-17(8-2)11-9-10-16(5)6/h15H,7-13H2,1-6H3. The van der Waals surface area contributed by atoms with E-state index in [2.05, 4.69) is 57.0 Å². The van der Waals surface area contributed by atoms with Gasteiger partial charge in [-0.05, 0) is 59.0 Å². The van der Waals surface area contributed by atoms with Crippen LogP contribution < -0.4 is 5.32 Å². The van der Waals surface area contributed by atoms with E-state index in [9.17, 15) is 0 Å². The van der Waals surface area contributed by atoms with Crippen LogP contribution >= 0.6 is 0 Å². The van der Waals surface area contributed by atoms with Crippen LogP contribution in [0.3, 0.4) is 0 Å². The van der Waals surface area contributed by atoms with Crippen molar-refractivity contribution < 1.29 is 0 Å². The minimum absolute atomic E-state index is 0.406. The monoisotopic (exact) mass is 243 g/mol. The van der Waals surface area contributed by atoms with Crippen LogP contribution in [0.5, 0.6) is 0 Å². The third kappa shape index (κ3) is 7.74. The van der Waals surface area contributed by atoms with Gasteiger partial charge in [-0.15, -0.1) is 0 Å². The fourth-order valence-electron chi connectivity index (χ4n) is 2.22. The Labute approximate surface area is 109 Å². The molecular formula is C14H33N3. The molecule has 0 radical (unpaired) electrons. The van der Waals surface area contributed by atoms with Crippen LogP contribution in [0, 0.1) is 5.41 Å². The van der Waals surface area contributed by atoms with Gasteiger partial charge in [-0.2, -0.15) is 0 Å². The van der Waals surface area contributed by atoms with Crippen molar-refractivity contribution in [2.24, 2.45) is 5.41 Å². The van der Waals surface area contributed by atoms with Gasteiger partial charge in [-0.25, -0.2) is 0 Å². The van der Waals surface area contributed by atoms with Crippen molar-refractivity contribution in [2.75, 3.05) is 53.9 Å². The van der Waals surface area contributed by atoms with Gasteiger partial charge in [0.05, 0.1) is 0 Å². The predicted octanol–water partition coefficient (Wildman–Crippen LogP) is 1.90. The second-order valence-corrected chi connectivity index (χ2v) is 5.72. The summed E-state index contributed by atoms with van der Waals surface area (Å²) in [6.07, 6.45) is 2.50. The number of hydrogen-bond donors (Lipinski definition) is 1. The van der Waals surface area contributed by atoms with Gasteiger partial charge in [0.15, 0.2) is 0 Å². The van der Waals surface area contributed by atoms with Gasteiger partial charge in [0.25, 0.3) is 0 Å². The first kappa shape index (κ1) is 16.9. The van der Waals surface area contributed by atoms with Gasteiger partial charge >= 0.3 is 0 Å². The van der Waals surface area contributed by atoms with Crippen LogP contribution in [0.4, 0.5) is 0 Å². The molecule has 0 aliphatic carbocycles. The first-order valence-electron chi connectivity index (χ1n) is 6.99. The first-order chi connectivity index (χ1) is 7.97. The van der Waals surface area contributed by atoms with Crippen LogP contribution in [0.15, 0.2) is 0 Å². The molecular weight excluding hydrogens is 210 g/mol. The SMILES string of the molecule is CCN(CCCN(C)C)CC(C)(CC)CNC. The van der Waals surface area contributed by atoms with E-state index < -0.39 is 0 Å². The maximum Gasteiger partial charge on any atom is 0.00473 e. The van der Waals surface area contributed by atoms with E-state index in [1.807, 2.05) is 0 Å². The van der Waals surface area contributed by atoms with Crippen LogP contribution in [0.25, 0.3) is 0 Å². The third-order valence-corrected chi connectivity index (χ3v) is 3.59. The maximum absolute atomic E-state index is 3.33. The molecule has 17 heavy (non-hydrogen) atoms. The summed E-state index contributed by atoms with van der Waals surface area (Å²) in [4.78, 5) is 4.85. The molecule has 0 spiro atoms. The van der Waals surface area contributed by atoms with Gasteiger partial charge in [0.2, 0.25) is 0 Å². The normalized spacial score (nSPS) is 15.5. The van der Waals surface area contributed by atoms with Crippen molar-refractivity contribution in [2.45, 2.75) is 33.6 Å². The molecule has 0 aliphatic rings. The average Bonchev–Trinajstić information content (AvgIpc) is 2.27. The molecule has 0 rings (SSSR count). The zero-order valence-electron chi connectivity index (χ0n) is 12.8. The van der Waals surface area contributed by atoms with Gasteiger partial charge in [-0.3, -0.25) is 0 Å². The summed E-state index contributed by atoms with van der Waals surface area (Å²) in [5.41, 5.74) is 0.406. The lowest BCUT2D eigenvalue weighted by Gasteiger charge is -2.34. The Hall–Kier alpha value is -0.120. The lowest BCUT2D eigenvalue weighted by Crippen LogP contribution is -2.42. The second-order valence-electron chi connectivity index (χ2n) is 5.72. The molecule has 0 fully saturated rings. The van der Waals surface area contributed by atoms with E-state index in [1.165, 1.54) is 32.5 Å². The molecule has 1 atom stereocenters. The number of rotatable bonds is 10. The molecule has 3 nitrogen and oxygen atoms in total. The van der Waals surface area contributed by atoms with Crippen LogP contribution in [0.1, 0.15) is 33.6 Å². The fraction of sp³-hybridized carbons (Fsp3) is 1.00. The van der Waals surface area contributed by atoms with Crippen LogP contribution in [-0.2, 0) is 0 Å². The van der Waals surface area contributed by atoms with Crippen molar-refractivity contribution in [1.29, 1.82) is 0 Å². The van der Waals surface area contributed by atoms with E-state index >= 15 is 0 Å². The van der Waals surface area contributed by atoms with Gasteiger partial charge < -0.3 is 15.1 Å². The van der Waals surface area contributed by atoms with Gasteiger partial charge in [-0.1, -0.05) is 20.8 Å². The Bertz CT molecular complexity index is 182. The number of nitrogens with one attached hydrogen (secondary N) is 1. The van der Waals surface area contributed by atoms with E-state index in [0.29, 0.717) is 5.41 Å². The quantitative estimate of drug-likeness (QED) is 0.632. The molecule has 0 aromatic carbocycles. The Balaban J connectivity index is 4.08. The second kappa shape index (κ2) is 8.90. The zero-order chi connectivity index (χ0) is 13.3. The van der Waals surface area contributed by atoms with E-state index in [0.717, 1.165) is 13.1 Å². The topological polar surface area (TPSA) is 18.5 Å².